The van der Waals surface area contributed by atoms with Crippen LogP contribution in [-0.4, -0.2) is 79.3 Å². The van der Waals surface area contributed by atoms with Gasteiger partial charge < -0.3 is 25.0 Å². The molecule has 2 aliphatic rings. The zero-order valence-electron chi connectivity index (χ0n) is 17.4. The number of aliphatic imine (C=N–C) groups is 1. The highest BCUT2D eigenvalue weighted by atomic mass is 127. The number of ether oxygens (including phenoxy) is 1. The van der Waals surface area contributed by atoms with Crippen LogP contribution in [0.15, 0.2) is 29.3 Å². The van der Waals surface area contributed by atoms with E-state index in [0.717, 1.165) is 44.0 Å². The minimum absolute atomic E-state index is 0. The number of rotatable bonds is 5. The van der Waals surface area contributed by atoms with Crippen molar-refractivity contribution in [3.63, 3.8) is 0 Å². The van der Waals surface area contributed by atoms with E-state index in [1.807, 2.05) is 24.0 Å². The van der Waals surface area contributed by atoms with E-state index in [2.05, 4.69) is 15.2 Å². The number of piperidine rings is 1. The van der Waals surface area contributed by atoms with Crippen LogP contribution < -0.4 is 5.32 Å². The van der Waals surface area contributed by atoms with E-state index in [1.165, 1.54) is 0 Å². The number of morpholine rings is 1. The van der Waals surface area contributed by atoms with Crippen LogP contribution in [-0.2, 0) is 9.53 Å². The van der Waals surface area contributed by atoms with Gasteiger partial charge in [-0.15, -0.1) is 24.0 Å². The average Bonchev–Trinajstić information content (AvgIpc) is 2.77. The van der Waals surface area contributed by atoms with Crippen molar-refractivity contribution in [2.24, 2.45) is 10.9 Å². The second-order valence-electron chi connectivity index (χ2n) is 7.46. The van der Waals surface area contributed by atoms with Gasteiger partial charge in [0.15, 0.2) is 5.96 Å². The lowest BCUT2D eigenvalue weighted by Gasteiger charge is -2.36. The van der Waals surface area contributed by atoms with Crippen LogP contribution in [0.2, 0.25) is 5.02 Å². The minimum Gasteiger partial charge on any atom is -0.386 e. The molecule has 1 unspecified atom stereocenters. The number of nitrogens with one attached hydrogen (secondary N) is 1. The number of guanidine groups is 1. The van der Waals surface area contributed by atoms with Gasteiger partial charge in [-0.05, 0) is 37.5 Å². The summed E-state index contributed by atoms with van der Waals surface area (Å²) in [5, 5.41) is 14.4. The summed E-state index contributed by atoms with van der Waals surface area (Å²) in [4.78, 5) is 21.5. The summed E-state index contributed by atoms with van der Waals surface area (Å²) in [6.07, 6.45) is 0.960. The zero-order chi connectivity index (χ0) is 20.6. The molecule has 30 heavy (non-hydrogen) atoms. The summed E-state index contributed by atoms with van der Waals surface area (Å²) in [5.41, 5.74) is 0.795. The Labute approximate surface area is 200 Å². The van der Waals surface area contributed by atoms with E-state index in [4.69, 9.17) is 16.3 Å². The van der Waals surface area contributed by atoms with E-state index in [0.29, 0.717) is 31.3 Å². The fraction of sp³-hybridized carbons (Fsp3) is 0.619. The highest BCUT2D eigenvalue weighted by molar-refractivity contribution is 14.0. The van der Waals surface area contributed by atoms with E-state index >= 15 is 0 Å². The predicted molar refractivity (Wildman–Crippen MR) is 130 cm³/mol. The van der Waals surface area contributed by atoms with E-state index in [-0.39, 0.29) is 42.3 Å². The SMILES string of the molecule is CCNC(=NCC(O)c1ccc(Cl)cc1)N1CCC(C(=O)N2CCOCC2)CC1.I. The van der Waals surface area contributed by atoms with Gasteiger partial charge >= 0.3 is 0 Å². The molecule has 1 aromatic carbocycles. The second kappa shape index (κ2) is 12.7. The number of aliphatic hydroxyl groups is 1. The number of nitrogens with zero attached hydrogens (tertiary/aromatic N) is 3. The number of likely N-dealkylation sites (tertiary alicyclic amines) is 1. The van der Waals surface area contributed by atoms with Gasteiger partial charge in [-0.3, -0.25) is 9.79 Å². The number of carbonyl (C=O) groups excluding carboxylic acids is 1. The van der Waals surface area contributed by atoms with Crippen LogP contribution >= 0.6 is 35.6 Å². The summed E-state index contributed by atoms with van der Waals surface area (Å²) >= 11 is 5.91. The number of benzene rings is 1. The molecule has 0 bridgehead atoms. The Morgan fingerprint density at radius 2 is 1.83 bits per heavy atom. The van der Waals surface area contributed by atoms with E-state index in [9.17, 15) is 9.90 Å². The fourth-order valence-electron chi connectivity index (χ4n) is 3.77. The summed E-state index contributed by atoms with van der Waals surface area (Å²) in [5.74, 6) is 1.12. The van der Waals surface area contributed by atoms with Gasteiger partial charge in [-0.2, -0.15) is 0 Å². The number of aliphatic hydroxyl groups excluding tert-OH is 1. The lowest BCUT2D eigenvalue weighted by Crippen LogP contribution is -2.50. The first-order valence-electron chi connectivity index (χ1n) is 10.4. The molecule has 168 valence electrons. The van der Waals surface area contributed by atoms with Crippen molar-refractivity contribution >= 4 is 47.4 Å². The normalized spacial score (nSPS) is 19.2. The molecule has 0 saturated carbocycles. The largest absolute Gasteiger partial charge is 0.386 e. The van der Waals surface area contributed by atoms with Gasteiger partial charge in [0.05, 0.1) is 25.9 Å². The Bertz CT molecular complexity index is 690. The van der Waals surface area contributed by atoms with Crippen molar-refractivity contribution in [1.82, 2.24) is 15.1 Å². The molecule has 2 N–H and O–H groups in total. The Morgan fingerprint density at radius 1 is 1.20 bits per heavy atom. The Morgan fingerprint density at radius 3 is 2.43 bits per heavy atom. The maximum atomic E-state index is 12.7. The standard InChI is InChI=1S/C21H31ClN4O3.HI/c1-2-23-21(24-15-19(27)16-3-5-18(22)6-4-16)26-9-7-17(8-10-26)20(28)25-11-13-29-14-12-25;/h3-6,17,19,27H,2,7-15H2,1H3,(H,23,24);1H. The zero-order valence-corrected chi connectivity index (χ0v) is 20.5. The number of hydrogen-bond acceptors (Lipinski definition) is 4. The average molecular weight is 551 g/mol. The van der Waals surface area contributed by atoms with Gasteiger partial charge in [-0.1, -0.05) is 23.7 Å². The predicted octanol–water partition coefficient (Wildman–Crippen LogP) is 2.53. The molecule has 0 radical (unpaired) electrons. The molecule has 0 aromatic heterocycles. The Kier molecular flexibility index (Phi) is 10.6. The van der Waals surface area contributed by atoms with Crippen molar-refractivity contribution in [3.8, 4) is 0 Å². The van der Waals surface area contributed by atoms with Crippen LogP contribution in [0.1, 0.15) is 31.4 Å². The monoisotopic (exact) mass is 550 g/mol. The first-order valence-corrected chi connectivity index (χ1v) is 10.8. The topological polar surface area (TPSA) is 77.4 Å². The molecule has 2 fully saturated rings. The molecule has 1 amide bonds. The molecule has 2 aliphatic heterocycles. The lowest BCUT2D eigenvalue weighted by molar-refractivity contribution is -0.140. The molecule has 2 heterocycles. The minimum atomic E-state index is -0.679. The number of carbonyl (C=O) groups is 1. The van der Waals surface area contributed by atoms with Crippen molar-refractivity contribution in [2.45, 2.75) is 25.9 Å². The molecule has 3 rings (SSSR count). The maximum Gasteiger partial charge on any atom is 0.225 e. The number of amides is 1. The summed E-state index contributed by atoms with van der Waals surface area (Å²) in [6.45, 7) is 7.29. The second-order valence-corrected chi connectivity index (χ2v) is 7.90. The first-order chi connectivity index (χ1) is 14.1. The van der Waals surface area contributed by atoms with Gasteiger partial charge in [0.1, 0.15) is 0 Å². The van der Waals surface area contributed by atoms with Crippen LogP contribution in [0.3, 0.4) is 0 Å². The first kappa shape index (κ1) is 25.2. The lowest BCUT2D eigenvalue weighted by atomic mass is 9.95. The molecule has 7 nitrogen and oxygen atoms in total. The highest BCUT2D eigenvalue weighted by Crippen LogP contribution is 2.21. The summed E-state index contributed by atoms with van der Waals surface area (Å²) < 4.78 is 5.34. The molecule has 1 aromatic rings. The maximum absolute atomic E-state index is 12.7. The molecule has 2 saturated heterocycles. The quantitative estimate of drug-likeness (QED) is 0.335. The fourth-order valence-corrected chi connectivity index (χ4v) is 3.90. The van der Waals surface area contributed by atoms with Crippen LogP contribution in [0.4, 0.5) is 0 Å². The Hall–Kier alpha value is -1.10. The molecule has 1 atom stereocenters. The van der Waals surface area contributed by atoms with Gasteiger partial charge in [0.25, 0.3) is 0 Å². The molecular weight excluding hydrogens is 519 g/mol. The van der Waals surface area contributed by atoms with Crippen molar-refractivity contribution < 1.29 is 14.6 Å². The summed E-state index contributed by atoms with van der Waals surface area (Å²) in [6, 6.07) is 7.17. The van der Waals surface area contributed by atoms with E-state index < -0.39 is 6.10 Å². The van der Waals surface area contributed by atoms with Crippen LogP contribution in [0.5, 0.6) is 0 Å². The highest BCUT2D eigenvalue weighted by Gasteiger charge is 2.30. The molecule has 9 heteroatoms. The Balaban J connectivity index is 0.00000320. The van der Waals surface area contributed by atoms with Crippen LogP contribution in [0, 0.1) is 5.92 Å². The number of hydrogen-bond donors (Lipinski definition) is 2. The van der Waals surface area contributed by atoms with Crippen molar-refractivity contribution in [2.75, 3.05) is 52.5 Å². The summed E-state index contributed by atoms with van der Waals surface area (Å²) in [7, 11) is 0. The van der Waals surface area contributed by atoms with Gasteiger partial charge in [0.2, 0.25) is 5.91 Å². The van der Waals surface area contributed by atoms with Crippen molar-refractivity contribution in [1.29, 1.82) is 0 Å². The van der Waals surface area contributed by atoms with Gasteiger partial charge in [-0.25, -0.2) is 0 Å². The van der Waals surface area contributed by atoms with Crippen LogP contribution in [0.25, 0.3) is 0 Å². The molecule has 0 spiro atoms. The molecule has 0 aliphatic carbocycles. The number of halogens is 2. The third kappa shape index (κ3) is 6.96. The third-order valence-electron chi connectivity index (χ3n) is 5.47. The molecular formula is C21H32ClIN4O3. The third-order valence-corrected chi connectivity index (χ3v) is 5.72. The smallest absolute Gasteiger partial charge is 0.225 e. The van der Waals surface area contributed by atoms with Gasteiger partial charge in [0, 0.05) is 43.7 Å². The van der Waals surface area contributed by atoms with E-state index in [1.54, 1.807) is 12.1 Å². The van der Waals surface area contributed by atoms with Crippen molar-refractivity contribution in [3.05, 3.63) is 34.9 Å².